The standard InChI is InChI=1S/C19H22IN3O2/c1-3-13(2)22-19(25)14-4-8-17(9-5-14)23-18(24)12-21-16-10-6-15(20)7-11-16/h4-11,13,21H,3,12H2,1-2H3,(H,22,25)(H,23,24). The quantitative estimate of drug-likeness (QED) is 0.560. The van der Waals surface area contributed by atoms with E-state index in [9.17, 15) is 9.59 Å². The molecule has 2 aromatic carbocycles. The van der Waals surface area contributed by atoms with Gasteiger partial charge in [-0.25, -0.2) is 0 Å². The summed E-state index contributed by atoms with van der Waals surface area (Å²) in [6, 6.07) is 14.8. The first kappa shape index (κ1) is 19.2. The summed E-state index contributed by atoms with van der Waals surface area (Å²) >= 11 is 2.23. The van der Waals surface area contributed by atoms with Crippen LogP contribution in [0.4, 0.5) is 11.4 Å². The number of anilines is 2. The minimum absolute atomic E-state index is 0.104. The molecule has 1 unspecified atom stereocenters. The minimum Gasteiger partial charge on any atom is -0.376 e. The predicted octanol–water partition coefficient (Wildman–Crippen LogP) is 3.87. The molecule has 0 saturated heterocycles. The number of carbonyl (C=O) groups excluding carboxylic acids is 2. The van der Waals surface area contributed by atoms with Crippen LogP contribution in [-0.4, -0.2) is 24.4 Å². The van der Waals surface area contributed by atoms with E-state index < -0.39 is 0 Å². The summed E-state index contributed by atoms with van der Waals surface area (Å²) in [5.41, 5.74) is 2.14. The molecule has 0 aliphatic carbocycles. The maximum Gasteiger partial charge on any atom is 0.251 e. The van der Waals surface area contributed by atoms with Crippen LogP contribution >= 0.6 is 22.6 Å². The molecule has 2 aromatic rings. The molecule has 0 spiro atoms. The predicted molar refractivity (Wildman–Crippen MR) is 110 cm³/mol. The number of rotatable bonds is 7. The van der Waals surface area contributed by atoms with Crippen LogP contribution in [0.25, 0.3) is 0 Å². The van der Waals surface area contributed by atoms with Crippen molar-refractivity contribution in [3.05, 3.63) is 57.7 Å². The molecule has 3 N–H and O–H groups in total. The SMILES string of the molecule is CCC(C)NC(=O)c1ccc(NC(=O)CNc2ccc(I)cc2)cc1. The van der Waals surface area contributed by atoms with E-state index in [-0.39, 0.29) is 24.4 Å². The van der Waals surface area contributed by atoms with Gasteiger partial charge >= 0.3 is 0 Å². The fourth-order valence-electron chi connectivity index (χ4n) is 2.07. The lowest BCUT2D eigenvalue weighted by molar-refractivity contribution is -0.114. The molecule has 0 fully saturated rings. The van der Waals surface area contributed by atoms with Crippen molar-refractivity contribution < 1.29 is 9.59 Å². The van der Waals surface area contributed by atoms with Gasteiger partial charge in [-0.1, -0.05) is 6.92 Å². The van der Waals surface area contributed by atoms with Crippen molar-refractivity contribution in [1.29, 1.82) is 0 Å². The van der Waals surface area contributed by atoms with E-state index >= 15 is 0 Å². The van der Waals surface area contributed by atoms with Crippen LogP contribution in [0.3, 0.4) is 0 Å². The van der Waals surface area contributed by atoms with Crippen molar-refractivity contribution in [2.24, 2.45) is 0 Å². The molecule has 0 heterocycles. The molecule has 5 nitrogen and oxygen atoms in total. The van der Waals surface area contributed by atoms with Crippen LogP contribution in [0.5, 0.6) is 0 Å². The number of benzene rings is 2. The third-order valence-electron chi connectivity index (χ3n) is 3.72. The average molecular weight is 451 g/mol. The fraction of sp³-hybridized carbons (Fsp3) is 0.263. The maximum absolute atomic E-state index is 12.0. The second-order valence-electron chi connectivity index (χ2n) is 5.77. The summed E-state index contributed by atoms with van der Waals surface area (Å²) in [5, 5.41) is 8.79. The van der Waals surface area contributed by atoms with Crippen LogP contribution in [0.15, 0.2) is 48.5 Å². The lowest BCUT2D eigenvalue weighted by Crippen LogP contribution is -2.31. The van der Waals surface area contributed by atoms with Gasteiger partial charge in [0.15, 0.2) is 0 Å². The molecule has 1 atom stereocenters. The minimum atomic E-state index is -0.143. The average Bonchev–Trinajstić information content (AvgIpc) is 2.61. The summed E-state index contributed by atoms with van der Waals surface area (Å²) in [6.07, 6.45) is 0.882. The van der Waals surface area contributed by atoms with Crippen molar-refractivity contribution >= 4 is 45.8 Å². The summed E-state index contributed by atoms with van der Waals surface area (Å²) in [5.74, 6) is -0.247. The van der Waals surface area contributed by atoms with Gasteiger partial charge in [0.1, 0.15) is 0 Å². The number of halogens is 1. The van der Waals surface area contributed by atoms with E-state index in [4.69, 9.17) is 0 Å². The Bertz CT molecular complexity index is 714. The second-order valence-corrected chi connectivity index (χ2v) is 7.01. The topological polar surface area (TPSA) is 70.2 Å². The smallest absolute Gasteiger partial charge is 0.251 e. The van der Waals surface area contributed by atoms with Crippen molar-refractivity contribution in [2.45, 2.75) is 26.3 Å². The number of hydrogen-bond donors (Lipinski definition) is 3. The monoisotopic (exact) mass is 451 g/mol. The van der Waals surface area contributed by atoms with Gasteiger partial charge in [-0.2, -0.15) is 0 Å². The first-order chi connectivity index (χ1) is 12.0. The number of amides is 2. The number of carbonyl (C=O) groups is 2. The second kappa shape index (κ2) is 9.41. The van der Waals surface area contributed by atoms with Crippen LogP contribution in [0, 0.1) is 3.57 Å². The van der Waals surface area contributed by atoms with E-state index in [0.29, 0.717) is 11.3 Å². The normalized spacial score (nSPS) is 11.5. The van der Waals surface area contributed by atoms with E-state index in [0.717, 1.165) is 15.7 Å². The zero-order valence-corrected chi connectivity index (χ0v) is 16.5. The van der Waals surface area contributed by atoms with Crippen LogP contribution in [0.2, 0.25) is 0 Å². The highest BCUT2D eigenvalue weighted by molar-refractivity contribution is 14.1. The third kappa shape index (κ3) is 6.38. The van der Waals surface area contributed by atoms with Crippen molar-refractivity contribution in [2.75, 3.05) is 17.2 Å². The zero-order chi connectivity index (χ0) is 18.2. The van der Waals surface area contributed by atoms with E-state index in [1.54, 1.807) is 24.3 Å². The molecule has 0 saturated carbocycles. The maximum atomic E-state index is 12.0. The Kier molecular flexibility index (Phi) is 7.24. The summed E-state index contributed by atoms with van der Waals surface area (Å²) < 4.78 is 1.14. The molecule has 6 heteroatoms. The molecule has 0 bridgehead atoms. The lowest BCUT2D eigenvalue weighted by atomic mass is 10.1. The fourth-order valence-corrected chi connectivity index (χ4v) is 2.43. The Labute approximate surface area is 161 Å². The van der Waals surface area contributed by atoms with E-state index in [1.807, 2.05) is 38.1 Å². The van der Waals surface area contributed by atoms with Gasteiger partial charge in [0.2, 0.25) is 5.91 Å². The van der Waals surface area contributed by atoms with Gasteiger partial charge < -0.3 is 16.0 Å². The molecule has 2 rings (SSSR count). The van der Waals surface area contributed by atoms with E-state index in [2.05, 4.69) is 38.5 Å². The molecular weight excluding hydrogens is 429 g/mol. The van der Waals surface area contributed by atoms with Gasteiger partial charge in [-0.05, 0) is 84.5 Å². The van der Waals surface area contributed by atoms with Crippen molar-refractivity contribution in [3.63, 3.8) is 0 Å². The van der Waals surface area contributed by atoms with Crippen molar-refractivity contribution in [1.82, 2.24) is 5.32 Å². The summed E-state index contributed by atoms with van der Waals surface area (Å²) in [7, 11) is 0. The molecule has 0 aliphatic rings. The van der Waals surface area contributed by atoms with Gasteiger partial charge in [0.05, 0.1) is 6.54 Å². The van der Waals surface area contributed by atoms with Crippen LogP contribution < -0.4 is 16.0 Å². The Morgan fingerprint density at radius 1 is 1.00 bits per heavy atom. The third-order valence-corrected chi connectivity index (χ3v) is 4.44. The molecule has 0 radical (unpaired) electrons. The first-order valence-corrected chi connectivity index (χ1v) is 9.26. The van der Waals surface area contributed by atoms with E-state index in [1.165, 1.54) is 0 Å². The Morgan fingerprint density at radius 3 is 2.20 bits per heavy atom. The van der Waals surface area contributed by atoms with Gasteiger partial charge in [0, 0.05) is 26.6 Å². The highest BCUT2D eigenvalue weighted by Crippen LogP contribution is 2.12. The first-order valence-electron chi connectivity index (χ1n) is 8.18. The van der Waals surface area contributed by atoms with Crippen LogP contribution in [0.1, 0.15) is 30.6 Å². The largest absolute Gasteiger partial charge is 0.376 e. The number of hydrogen-bond acceptors (Lipinski definition) is 3. The Hall–Kier alpha value is -2.09. The highest BCUT2D eigenvalue weighted by Gasteiger charge is 2.09. The molecule has 25 heavy (non-hydrogen) atoms. The van der Waals surface area contributed by atoms with Crippen molar-refractivity contribution in [3.8, 4) is 0 Å². The molecule has 2 amide bonds. The summed E-state index contributed by atoms with van der Waals surface area (Å²) in [4.78, 5) is 24.0. The molecular formula is C19H22IN3O2. The Balaban J connectivity index is 1.84. The van der Waals surface area contributed by atoms with Gasteiger partial charge in [-0.15, -0.1) is 0 Å². The molecule has 0 aromatic heterocycles. The van der Waals surface area contributed by atoms with Crippen LogP contribution in [-0.2, 0) is 4.79 Å². The van der Waals surface area contributed by atoms with Gasteiger partial charge in [0.25, 0.3) is 5.91 Å². The van der Waals surface area contributed by atoms with Gasteiger partial charge in [-0.3, -0.25) is 9.59 Å². The lowest BCUT2D eigenvalue weighted by Gasteiger charge is -2.12. The zero-order valence-electron chi connectivity index (χ0n) is 14.3. The number of nitrogens with one attached hydrogen (secondary N) is 3. The molecule has 0 aliphatic heterocycles. The Morgan fingerprint density at radius 2 is 1.60 bits per heavy atom. The molecule has 132 valence electrons. The summed E-state index contributed by atoms with van der Waals surface area (Å²) in [6.45, 7) is 4.16. The highest BCUT2D eigenvalue weighted by atomic mass is 127.